The molecule has 0 spiro atoms. The van der Waals surface area contributed by atoms with E-state index < -0.39 is 0 Å². The van der Waals surface area contributed by atoms with Crippen LogP contribution in [0.3, 0.4) is 0 Å². The van der Waals surface area contributed by atoms with Gasteiger partial charge in [0.2, 0.25) is 0 Å². The molecule has 0 amide bonds. The molecule has 4 heteroatoms. The van der Waals surface area contributed by atoms with E-state index in [-0.39, 0.29) is 12.1 Å². The first-order valence-corrected chi connectivity index (χ1v) is 6.51. The molecule has 0 unspecified atom stereocenters. The van der Waals surface area contributed by atoms with Crippen molar-refractivity contribution in [1.29, 1.82) is 0 Å². The van der Waals surface area contributed by atoms with Crippen LogP contribution in [0.1, 0.15) is 11.3 Å². The maximum Gasteiger partial charge on any atom is 0.255 e. The van der Waals surface area contributed by atoms with E-state index in [1.807, 2.05) is 48.5 Å². The molecule has 0 fully saturated rings. The molecule has 0 saturated carbocycles. The molecule has 0 bridgehead atoms. The van der Waals surface area contributed by atoms with E-state index >= 15 is 0 Å². The zero-order chi connectivity index (χ0) is 13.9. The lowest BCUT2D eigenvalue weighted by Crippen LogP contribution is -2.26. The van der Waals surface area contributed by atoms with Crippen LogP contribution in [0.2, 0.25) is 0 Å². The van der Waals surface area contributed by atoms with Gasteiger partial charge in [0.15, 0.2) is 0 Å². The van der Waals surface area contributed by atoms with Gasteiger partial charge in [-0.3, -0.25) is 9.78 Å². The smallest absolute Gasteiger partial charge is 0.255 e. The summed E-state index contributed by atoms with van der Waals surface area (Å²) >= 11 is 0. The Morgan fingerprint density at radius 2 is 1.90 bits per heavy atom. The van der Waals surface area contributed by atoms with Crippen molar-refractivity contribution < 1.29 is 0 Å². The van der Waals surface area contributed by atoms with Crippen molar-refractivity contribution in [2.45, 2.75) is 13.1 Å². The van der Waals surface area contributed by atoms with Gasteiger partial charge in [0.25, 0.3) is 5.56 Å². The number of benzene rings is 1. The van der Waals surface area contributed by atoms with E-state index in [0.717, 1.165) is 16.6 Å². The quantitative estimate of drug-likeness (QED) is 0.786. The topological polar surface area (TPSA) is 60.9 Å². The van der Waals surface area contributed by atoms with Crippen molar-refractivity contribution in [3.05, 3.63) is 76.3 Å². The number of aromatic nitrogens is 2. The van der Waals surface area contributed by atoms with Gasteiger partial charge in [-0.2, -0.15) is 0 Å². The molecule has 20 heavy (non-hydrogen) atoms. The summed E-state index contributed by atoms with van der Waals surface area (Å²) in [4.78, 5) is 16.8. The van der Waals surface area contributed by atoms with Crippen LogP contribution in [0.15, 0.2) is 59.5 Å². The van der Waals surface area contributed by atoms with E-state index in [0.29, 0.717) is 12.1 Å². The van der Waals surface area contributed by atoms with E-state index in [2.05, 4.69) is 4.98 Å². The van der Waals surface area contributed by atoms with Gasteiger partial charge in [-0.25, -0.2) is 0 Å². The highest BCUT2D eigenvalue weighted by molar-refractivity contribution is 5.79. The van der Waals surface area contributed by atoms with Crippen LogP contribution in [0, 0.1) is 0 Å². The predicted molar refractivity (Wildman–Crippen MR) is 79.4 cm³/mol. The zero-order valence-electron chi connectivity index (χ0n) is 11.0. The average molecular weight is 265 g/mol. The lowest BCUT2D eigenvalue weighted by molar-refractivity contribution is 0.757. The first-order chi connectivity index (χ1) is 9.79. The van der Waals surface area contributed by atoms with Gasteiger partial charge in [-0.1, -0.05) is 24.3 Å². The lowest BCUT2D eigenvalue weighted by atomic mass is 10.1. The number of para-hydroxylation sites is 1. The fraction of sp³-hybridized carbons (Fsp3) is 0.125. The van der Waals surface area contributed by atoms with Crippen molar-refractivity contribution >= 4 is 10.9 Å². The minimum absolute atomic E-state index is 0.0446. The lowest BCUT2D eigenvalue weighted by Gasteiger charge is -2.12. The molecule has 0 radical (unpaired) electrons. The van der Waals surface area contributed by atoms with E-state index in [4.69, 9.17) is 5.73 Å². The van der Waals surface area contributed by atoms with Gasteiger partial charge in [-0.15, -0.1) is 0 Å². The molecular formula is C16H15N3O. The van der Waals surface area contributed by atoms with Crippen LogP contribution in [0.25, 0.3) is 10.9 Å². The standard InChI is InChI=1S/C16H15N3O/c17-10-13-9-12-5-1-2-7-15(12)19(16(13)20)11-14-6-3-4-8-18-14/h1-9H,10-11,17H2. The number of pyridine rings is 2. The van der Waals surface area contributed by atoms with Gasteiger partial charge in [0, 0.05) is 18.3 Å². The molecule has 1 aromatic carbocycles. The summed E-state index contributed by atoms with van der Waals surface area (Å²) in [6, 6.07) is 15.4. The van der Waals surface area contributed by atoms with Crippen LogP contribution < -0.4 is 11.3 Å². The van der Waals surface area contributed by atoms with Crippen molar-refractivity contribution in [2.24, 2.45) is 5.73 Å². The second-order valence-electron chi connectivity index (χ2n) is 4.64. The van der Waals surface area contributed by atoms with E-state index in [1.165, 1.54) is 0 Å². The fourth-order valence-electron chi connectivity index (χ4n) is 2.34. The Hall–Kier alpha value is -2.46. The maximum absolute atomic E-state index is 12.5. The van der Waals surface area contributed by atoms with Gasteiger partial charge in [0.05, 0.1) is 17.8 Å². The molecule has 0 aliphatic carbocycles. The van der Waals surface area contributed by atoms with Crippen LogP contribution in [0.5, 0.6) is 0 Å². The number of hydrogen-bond donors (Lipinski definition) is 1. The summed E-state index contributed by atoms with van der Waals surface area (Å²) in [5, 5.41) is 1.02. The van der Waals surface area contributed by atoms with Crippen molar-refractivity contribution in [1.82, 2.24) is 9.55 Å². The highest BCUT2D eigenvalue weighted by atomic mass is 16.1. The minimum Gasteiger partial charge on any atom is -0.326 e. The summed E-state index contributed by atoms with van der Waals surface area (Å²) < 4.78 is 1.74. The van der Waals surface area contributed by atoms with Crippen molar-refractivity contribution in [2.75, 3.05) is 0 Å². The van der Waals surface area contributed by atoms with E-state index in [1.54, 1.807) is 10.8 Å². The number of rotatable bonds is 3. The molecule has 0 aliphatic rings. The summed E-state index contributed by atoms with van der Waals surface area (Å²) in [5.74, 6) is 0. The molecule has 0 aliphatic heterocycles. The first kappa shape index (κ1) is 12.6. The summed E-state index contributed by atoms with van der Waals surface area (Å²) in [6.07, 6.45) is 1.73. The summed E-state index contributed by atoms with van der Waals surface area (Å²) in [5.41, 5.74) is 8.01. The SMILES string of the molecule is NCc1cc2ccccc2n(Cc2ccccn2)c1=O. The Morgan fingerprint density at radius 1 is 1.10 bits per heavy atom. The van der Waals surface area contributed by atoms with Gasteiger partial charge >= 0.3 is 0 Å². The molecule has 3 aromatic rings. The normalized spacial score (nSPS) is 10.8. The van der Waals surface area contributed by atoms with Gasteiger partial charge in [-0.05, 0) is 29.7 Å². The summed E-state index contributed by atoms with van der Waals surface area (Å²) in [6.45, 7) is 0.694. The molecule has 2 heterocycles. The number of hydrogen-bond acceptors (Lipinski definition) is 3. The molecule has 4 nitrogen and oxygen atoms in total. The summed E-state index contributed by atoms with van der Waals surface area (Å²) in [7, 11) is 0. The minimum atomic E-state index is -0.0446. The highest BCUT2D eigenvalue weighted by Crippen LogP contribution is 2.14. The number of fused-ring (bicyclic) bond motifs is 1. The Bertz CT molecular complexity index is 794. The first-order valence-electron chi connectivity index (χ1n) is 6.51. The van der Waals surface area contributed by atoms with Crippen molar-refractivity contribution in [3.8, 4) is 0 Å². The van der Waals surface area contributed by atoms with Crippen molar-refractivity contribution in [3.63, 3.8) is 0 Å². The Kier molecular flexibility index (Phi) is 3.31. The molecule has 2 aromatic heterocycles. The predicted octanol–water partition coefficient (Wildman–Crippen LogP) is 1.90. The monoisotopic (exact) mass is 265 g/mol. The third-order valence-electron chi connectivity index (χ3n) is 3.34. The molecule has 100 valence electrons. The van der Waals surface area contributed by atoms with Crippen LogP contribution in [-0.2, 0) is 13.1 Å². The van der Waals surface area contributed by atoms with Gasteiger partial charge in [0.1, 0.15) is 0 Å². The molecule has 0 atom stereocenters. The fourth-order valence-corrected chi connectivity index (χ4v) is 2.34. The second-order valence-corrected chi connectivity index (χ2v) is 4.64. The third kappa shape index (κ3) is 2.21. The largest absolute Gasteiger partial charge is 0.326 e. The molecule has 2 N–H and O–H groups in total. The molecule has 0 saturated heterocycles. The number of nitrogens with two attached hydrogens (primary N) is 1. The maximum atomic E-state index is 12.5. The Balaban J connectivity index is 2.22. The van der Waals surface area contributed by atoms with Crippen LogP contribution in [-0.4, -0.2) is 9.55 Å². The Morgan fingerprint density at radius 3 is 2.65 bits per heavy atom. The Labute approximate surface area is 116 Å². The second kappa shape index (κ2) is 5.27. The molecular weight excluding hydrogens is 250 g/mol. The molecule has 3 rings (SSSR count). The van der Waals surface area contributed by atoms with Crippen LogP contribution >= 0.6 is 0 Å². The highest BCUT2D eigenvalue weighted by Gasteiger charge is 2.08. The van der Waals surface area contributed by atoms with Crippen LogP contribution in [0.4, 0.5) is 0 Å². The van der Waals surface area contributed by atoms with E-state index in [9.17, 15) is 4.79 Å². The third-order valence-corrected chi connectivity index (χ3v) is 3.34. The number of nitrogens with zero attached hydrogens (tertiary/aromatic N) is 2. The zero-order valence-corrected chi connectivity index (χ0v) is 11.0. The van der Waals surface area contributed by atoms with Gasteiger partial charge < -0.3 is 10.3 Å². The average Bonchev–Trinajstić information content (AvgIpc) is 2.51.